The summed E-state index contributed by atoms with van der Waals surface area (Å²) in [5, 5.41) is 0. The quantitative estimate of drug-likeness (QED) is 0.770. The van der Waals surface area contributed by atoms with E-state index in [0.717, 1.165) is 18.4 Å². The van der Waals surface area contributed by atoms with E-state index in [-0.39, 0.29) is 11.2 Å². The summed E-state index contributed by atoms with van der Waals surface area (Å²) in [6.07, 6.45) is 5.79. The lowest BCUT2D eigenvalue weighted by atomic mass is 9.83. The Kier molecular flexibility index (Phi) is 4.82. The summed E-state index contributed by atoms with van der Waals surface area (Å²) in [5.41, 5.74) is 7.44. The van der Waals surface area contributed by atoms with Crippen LogP contribution in [0.15, 0.2) is 18.5 Å². The highest BCUT2D eigenvalue weighted by atomic mass is 16.1. The first kappa shape index (κ1) is 13.8. The molecule has 3 heteroatoms. The van der Waals surface area contributed by atoms with Gasteiger partial charge in [0.1, 0.15) is 0 Å². The summed E-state index contributed by atoms with van der Waals surface area (Å²) < 4.78 is 0. The summed E-state index contributed by atoms with van der Waals surface area (Å²) in [6, 6.07) is 1.89. The van der Waals surface area contributed by atoms with Crippen molar-refractivity contribution in [3.05, 3.63) is 29.6 Å². The van der Waals surface area contributed by atoms with Gasteiger partial charge in [-0.1, -0.05) is 13.8 Å². The first-order valence-corrected chi connectivity index (χ1v) is 6.09. The molecule has 17 heavy (non-hydrogen) atoms. The average Bonchev–Trinajstić information content (AvgIpc) is 2.26. The maximum absolute atomic E-state index is 12.0. The van der Waals surface area contributed by atoms with Crippen molar-refractivity contribution in [2.45, 2.75) is 40.0 Å². The minimum atomic E-state index is 0.141. The van der Waals surface area contributed by atoms with Crippen molar-refractivity contribution in [3.8, 4) is 0 Å². The van der Waals surface area contributed by atoms with E-state index in [1.165, 1.54) is 0 Å². The third-order valence-electron chi connectivity index (χ3n) is 3.05. The molecule has 0 atom stereocenters. The first-order valence-electron chi connectivity index (χ1n) is 6.09. The fourth-order valence-corrected chi connectivity index (χ4v) is 1.82. The Morgan fingerprint density at radius 1 is 1.35 bits per heavy atom. The van der Waals surface area contributed by atoms with Gasteiger partial charge < -0.3 is 5.73 Å². The Bertz CT molecular complexity index is 386. The molecule has 0 unspecified atom stereocenters. The molecule has 1 rings (SSSR count). The summed E-state index contributed by atoms with van der Waals surface area (Å²) in [5.74, 6) is 0.172. The number of nitrogens with zero attached hydrogens (tertiary/aromatic N) is 1. The third-order valence-corrected chi connectivity index (χ3v) is 3.05. The molecule has 0 aliphatic heterocycles. The lowest BCUT2D eigenvalue weighted by Crippen LogP contribution is -2.18. The van der Waals surface area contributed by atoms with Crippen LogP contribution in [0.4, 0.5) is 0 Å². The molecule has 1 heterocycles. The van der Waals surface area contributed by atoms with Gasteiger partial charge in [-0.05, 0) is 43.4 Å². The SMILES string of the molecule is Cc1cncc(C(=O)CCC(C)(C)CCN)c1. The fraction of sp³-hybridized carbons (Fsp3) is 0.571. The van der Waals surface area contributed by atoms with Gasteiger partial charge in [-0.25, -0.2) is 0 Å². The van der Waals surface area contributed by atoms with Crippen LogP contribution in [0.1, 0.15) is 49.0 Å². The predicted molar refractivity (Wildman–Crippen MR) is 70.0 cm³/mol. The largest absolute Gasteiger partial charge is 0.330 e. The van der Waals surface area contributed by atoms with Gasteiger partial charge >= 0.3 is 0 Å². The van der Waals surface area contributed by atoms with E-state index in [2.05, 4.69) is 18.8 Å². The van der Waals surface area contributed by atoms with Crippen LogP contribution in [0, 0.1) is 12.3 Å². The molecule has 0 bridgehead atoms. The molecule has 0 fully saturated rings. The molecule has 0 aliphatic rings. The number of hydrogen-bond donors (Lipinski definition) is 1. The van der Waals surface area contributed by atoms with Crippen LogP contribution < -0.4 is 5.73 Å². The second kappa shape index (κ2) is 5.92. The zero-order chi connectivity index (χ0) is 12.9. The molecule has 1 aromatic rings. The molecule has 0 radical (unpaired) electrons. The number of aryl methyl sites for hydroxylation is 1. The maximum Gasteiger partial charge on any atom is 0.164 e. The molecule has 0 aromatic carbocycles. The van der Waals surface area contributed by atoms with E-state index < -0.39 is 0 Å². The molecule has 0 saturated heterocycles. The van der Waals surface area contributed by atoms with E-state index in [4.69, 9.17) is 5.73 Å². The van der Waals surface area contributed by atoms with Gasteiger partial charge in [0.2, 0.25) is 0 Å². The molecule has 0 aliphatic carbocycles. The van der Waals surface area contributed by atoms with E-state index in [0.29, 0.717) is 18.5 Å². The van der Waals surface area contributed by atoms with E-state index >= 15 is 0 Å². The second-order valence-corrected chi connectivity index (χ2v) is 5.38. The summed E-state index contributed by atoms with van der Waals surface area (Å²) in [6.45, 7) is 6.93. The molecular weight excluding hydrogens is 212 g/mol. The van der Waals surface area contributed by atoms with E-state index in [1.54, 1.807) is 12.4 Å². The Morgan fingerprint density at radius 3 is 2.65 bits per heavy atom. The number of pyridine rings is 1. The highest BCUT2D eigenvalue weighted by molar-refractivity contribution is 5.95. The molecule has 0 saturated carbocycles. The van der Waals surface area contributed by atoms with Gasteiger partial charge in [-0.3, -0.25) is 9.78 Å². The normalized spacial score (nSPS) is 11.5. The summed E-state index contributed by atoms with van der Waals surface area (Å²) in [7, 11) is 0. The molecule has 0 amide bonds. The highest BCUT2D eigenvalue weighted by Crippen LogP contribution is 2.26. The smallest absolute Gasteiger partial charge is 0.164 e. The molecule has 94 valence electrons. The molecular formula is C14H22N2O. The molecule has 1 aromatic heterocycles. The first-order chi connectivity index (χ1) is 7.94. The number of rotatable bonds is 6. The third kappa shape index (κ3) is 4.65. The van der Waals surface area contributed by atoms with Crippen molar-refractivity contribution < 1.29 is 4.79 Å². The molecule has 3 nitrogen and oxygen atoms in total. The van der Waals surface area contributed by atoms with Crippen molar-refractivity contribution in [1.29, 1.82) is 0 Å². The number of aromatic nitrogens is 1. The van der Waals surface area contributed by atoms with Crippen molar-refractivity contribution in [1.82, 2.24) is 4.98 Å². The maximum atomic E-state index is 12.0. The lowest BCUT2D eigenvalue weighted by molar-refractivity contribution is 0.0961. The van der Waals surface area contributed by atoms with E-state index in [9.17, 15) is 4.79 Å². The number of Topliss-reactive ketones (excluding diaryl/α,β-unsaturated/α-hetero) is 1. The second-order valence-electron chi connectivity index (χ2n) is 5.38. The number of carbonyl (C=O) groups excluding carboxylic acids is 1. The highest BCUT2D eigenvalue weighted by Gasteiger charge is 2.18. The lowest BCUT2D eigenvalue weighted by Gasteiger charge is -2.23. The Hall–Kier alpha value is -1.22. The van der Waals surface area contributed by atoms with Gasteiger partial charge in [0.05, 0.1) is 0 Å². The number of nitrogens with two attached hydrogens (primary N) is 1. The zero-order valence-corrected chi connectivity index (χ0v) is 11.0. The van der Waals surface area contributed by atoms with Crippen molar-refractivity contribution in [2.75, 3.05) is 6.54 Å². The summed E-state index contributed by atoms with van der Waals surface area (Å²) >= 11 is 0. The minimum Gasteiger partial charge on any atom is -0.330 e. The van der Waals surface area contributed by atoms with Crippen LogP contribution in [-0.4, -0.2) is 17.3 Å². The van der Waals surface area contributed by atoms with Gasteiger partial charge in [-0.2, -0.15) is 0 Å². The molecule has 2 N–H and O–H groups in total. The predicted octanol–water partition coefficient (Wildman–Crippen LogP) is 2.73. The standard InChI is InChI=1S/C14H22N2O/c1-11-8-12(10-16-9-11)13(17)4-5-14(2,3)6-7-15/h8-10H,4-7,15H2,1-3H3. The van der Waals surface area contributed by atoms with Gasteiger partial charge in [-0.15, -0.1) is 0 Å². The van der Waals surface area contributed by atoms with Crippen LogP contribution in [0.5, 0.6) is 0 Å². The average molecular weight is 234 g/mol. The van der Waals surface area contributed by atoms with Crippen molar-refractivity contribution in [3.63, 3.8) is 0 Å². The monoisotopic (exact) mass is 234 g/mol. The Morgan fingerprint density at radius 2 is 2.06 bits per heavy atom. The van der Waals surface area contributed by atoms with Crippen LogP contribution in [-0.2, 0) is 0 Å². The summed E-state index contributed by atoms with van der Waals surface area (Å²) in [4.78, 5) is 16.0. The Labute approximate surface area is 103 Å². The van der Waals surface area contributed by atoms with Gasteiger partial charge in [0.15, 0.2) is 5.78 Å². The van der Waals surface area contributed by atoms with Crippen LogP contribution in [0.3, 0.4) is 0 Å². The van der Waals surface area contributed by atoms with Gasteiger partial charge in [0.25, 0.3) is 0 Å². The van der Waals surface area contributed by atoms with Crippen molar-refractivity contribution >= 4 is 5.78 Å². The fourth-order valence-electron chi connectivity index (χ4n) is 1.82. The van der Waals surface area contributed by atoms with Crippen LogP contribution >= 0.6 is 0 Å². The minimum absolute atomic E-state index is 0.141. The number of carbonyl (C=O) groups is 1. The zero-order valence-electron chi connectivity index (χ0n) is 11.0. The van der Waals surface area contributed by atoms with Gasteiger partial charge in [0, 0.05) is 24.4 Å². The van der Waals surface area contributed by atoms with Crippen molar-refractivity contribution in [2.24, 2.45) is 11.1 Å². The van der Waals surface area contributed by atoms with Crippen LogP contribution in [0.25, 0.3) is 0 Å². The van der Waals surface area contributed by atoms with Crippen LogP contribution in [0.2, 0.25) is 0 Å². The van der Waals surface area contributed by atoms with E-state index in [1.807, 2.05) is 13.0 Å². The Balaban J connectivity index is 2.56. The number of hydrogen-bond acceptors (Lipinski definition) is 3. The topological polar surface area (TPSA) is 56.0 Å². The molecule has 0 spiro atoms. The number of ketones is 1.